The Morgan fingerprint density at radius 3 is 2.71 bits per heavy atom. The Labute approximate surface area is 92.4 Å². The van der Waals surface area contributed by atoms with Gasteiger partial charge in [0.2, 0.25) is 5.91 Å². The van der Waals surface area contributed by atoms with Crippen molar-refractivity contribution in [3.63, 3.8) is 0 Å². The molecular formula is C9H10Cl2N2O. The molecule has 0 aliphatic rings. The number of benzene rings is 1. The molecular weight excluding hydrogens is 223 g/mol. The fourth-order valence-corrected chi connectivity index (χ4v) is 1.42. The maximum atomic E-state index is 11.3. The first kappa shape index (κ1) is 11.3. The highest BCUT2D eigenvalue weighted by Gasteiger charge is 2.12. The van der Waals surface area contributed by atoms with Crippen LogP contribution in [0.5, 0.6) is 0 Å². The highest BCUT2D eigenvalue weighted by molar-refractivity contribution is 6.35. The van der Waals surface area contributed by atoms with E-state index >= 15 is 0 Å². The van der Waals surface area contributed by atoms with Crippen LogP contribution < -0.4 is 10.6 Å². The number of amides is 1. The Hall–Kier alpha value is -0.770. The van der Waals surface area contributed by atoms with Crippen LogP contribution in [0.15, 0.2) is 18.2 Å². The Morgan fingerprint density at radius 2 is 2.14 bits per heavy atom. The molecule has 0 radical (unpaired) electrons. The molecule has 0 saturated carbocycles. The van der Waals surface area contributed by atoms with Gasteiger partial charge < -0.3 is 10.6 Å². The first-order valence-corrected chi connectivity index (χ1v) is 4.73. The van der Waals surface area contributed by atoms with Crippen molar-refractivity contribution in [2.75, 3.05) is 18.5 Å². The van der Waals surface area contributed by atoms with Gasteiger partial charge in [-0.15, -0.1) is 0 Å². The number of anilines is 1. The van der Waals surface area contributed by atoms with Crippen molar-refractivity contribution < 1.29 is 4.79 Å². The van der Waals surface area contributed by atoms with Crippen LogP contribution in [-0.2, 0) is 4.79 Å². The third-order valence-corrected chi connectivity index (χ3v) is 2.37. The van der Waals surface area contributed by atoms with Gasteiger partial charge in [-0.2, -0.15) is 0 Å². The van der Waals surface area contributed by atoms with E-state index in [1.54, 1.807) is 25.2 Å². The normalized spacial score (nSPS) is 10.0. The van der Waals surface area contributed by atoms with E-state index in [0.717, 1.165) is 0 Å². The van der Waals surface area contributed by atoms with Crippen LogP contribution in [0.2, 0.25) is 10.0 Å². The van der Waals surface area contributed by atoms with E-state index in [1.165, 1.54) is 4.90 Å². The van der Waals surface area contributed by atoms with Crippen molar-refractivity contribution in [3.8, 4) is 0 Å². The van der Waals surface area contributed by atoms with E-state index in [9.17, 15) is 4.79 Å². The lowest BCUT2D eigenvalue weighted by Gasteiger charge is -2.17. The van der Waals surface area contributed by atoms with Gasteiger partial charge in [-0.3, -0.25) is 4.79 Å². The third kappa shape index (κ3) is 2.38. The van der Waals surface area contributed by atoms with Gasteiger partial charge in [-0.05, 0) is 18.2 Å². The number of hydrogen-bond donors (Lipinski definition) is 1. The first-order chi connectivity index (χ1) is 6.56. The monoisotopic (exact) mass is 232 g/mol. The largest absolute Gasteiger partial charge is 0.322 e. The van der Waals surface area contributed by atoms with E-state index in [-0.39, 0.29) is 12.5 Å². The van der Waals surface area contributed by atoms with Crippen molar-refractivity contribution >= 4 is 34.8 Å². The molecule has 14 heavy (non-hydrogen) atoms. The van der Waals surface area contributed by atoms with Crippen molar-refractivity contribution in [1.82, 2.24) is 0 Å². The maximum absolute atomic E-state index is 11.3. The second-order valence-corrected chi connectivity index (χ2v) is 3.60. The number of rotatable bonds is 2. The van der Waals surface area contributed by atoms with Gasteiger partial charge in [0.1, 0.15) is 0 Å². The molecule has 0 fully saturated rings. The van der Waals surface area contributed by atoms with E-state index in [1.807, 2.05) is 0 Å². The fourth-order valence-electron chi connectivity index (χ4n) is 1.01. The van der Waals surface area contributed by atoms with Gasteiger partial charge in [0.15, 0.2) is 0 Å². The smallest absolute Gasteiger partial charge is 0.240 e. The molecule has 0 aromatic heterocycles. The molecule has 0 spiro atoms. The van der Waals surface area contributed by atoms with Gasteiger partial charge in [0.25, 0.3) is 0 Å². The van der Waals surface area contributed by atoms with Gasteiger partial charge in [-0.25, -0.2) is 0 Å². The molecule has 1 aromatic rings. The Bertz CT molecular complexity index is 355. The summed E-state index contributed by atoms with van der Waals surface area (Å²) < 4.78 is 0. The van der Waals surface area contributed by atoms with Crippen LogP contribution in [0.3, 0.4) is 0 Å². The molecule has 5 heteroatoms. The number of carbonyl (C=O) groups excluding carboxylic acids is 1. The summed E-state index contributed by atoms with van der Waals surface area (Å²) in [7, 11) is 1.60. The zero-order valence-electron chi connectivity index (χ0n) is 7.63. The summed E-state index contributed by atoms with van der Waals surface area (Å²) in [5, 5.41) is 1.000. The van der Waals surface area contributed by atoms with Crippen molar-refractivity contribution in [1.29, 1.82) is 0 Å². The Kier molecular flexibility index (Phi) is 3.75. The lowest BCUT2D eigenvalue weighted by molar-refractivity contribution is -0.117. The zero-order chi connectivity index (χ0) is 10.7. The predicted octanol–water partition coefficient (Wildman–Crippen LogP) is 1.91. The van der Waals surface area contributed by atoms with Crippen LogP contribution >= 0.6 is 23.2 Å². The standard InChI is InChI=1S/C9H10Cl2N2O/c1-13(9(14)5-12)8-4-6(10)2-3-7(8)11/h2-4H,5,12H2,1H3. The first-order valence-electron chi connectivity index (χ1n) is 3.98. The molecule has 0 unspecified atom stereocenters. The summed E-state index contributed by atoms with van der Waals surface area (Å²) in [4.78, 5) is 12.7. The average molecular weight is 233 g/mol. The van der Waals surface area contributed by atoms with E-state index < -0.39 is 0 Å². The molecule has 0 aliphatic carbocycles. The third-order valence-electron chi connectivity index (χ3n) is 1.82. The van der Waals surface area contributed by atoms with Crippen LogP contribution in [0.4, 0.5) is 5.69 Å². The number of halogens is 2. The Morgan fingerprint density at radius 1 is 1.50 bits per heavy atom. The number of nitrogens with two attached hydrogens (primary N) is 1. The van der Waals surface area contributed by atoms with Gasteiger partial charge >= 0.3 is 0 Å². The summed E-state index contributed by atoms with van der Waals surface area (Å²) in [5.74, 6) is -0.214. The molecule has 1 rings (SSSR count). The lowest BCUT2D eigenvalue weighted by Crippen LogP contribution is -2.32. The minimum Gasteiger partial charge on any atom is -0.322 e. The topological polar surface area (TPSA) is 46.3 Å². The van der Waals surface area contributed by atoms with Gasteiger partial charge in [-0.1, -0.05) is 23.2 Å². The van der Waals surface area contributed by atoms with Crippen LogP contribution in [0, 0.1) is 0 Å². The molecule has 0 saturated heterocycles. The molecule has 1 amide bonds. The molecule has 76 valence electrons. The lowest BCUT2D eigenvalue weighted by atomic mass is 10.3. The number of nitrogens with zero attached hydrogens (tertiary/aromatic N) is 1. The maximum Gasteiger partial charge on any atom is 0.240 e. The number of carbonyl (C=O) groups is 1. The minimum atomic E-state index is -0.214. The van der Waals surface area contributed by atoms with Crippen molar-refractivity contribution in [3.05, 3.63) is 28.2 Å². The highest BCUT2D eigenvalue weighted by atomic mass is 35.5. The van der Waals surface area contributed by atoms with Gasteiger partial charge in [0.05, 0.1) is 17.3 Å². The SMILES string of the molecule is CN(C(=O)CN)c1cc(Cl)ccc1Cl. The van der Waals surface area contributed by atoms with E-state index in [2.05, 4.69) is 0 Å². The molecule has 0 aliphatic heterocycles. The van der Waals surface area contributed by atoms with Crippen molar-refractivity contribution in [2.45, 2.75) is 0 Å². The Balaban J connectivity index is 3.05. The van der Waals surface area contributed by atoms with E-state index in [0.29, 0.717) is 15.7 Å². The summed E-state index contributed by atoms with van der Waals surface area (Å²) in [6.07, 6.45) is 0. The summed E-state index contributed by atoms with van der Waals surface area (Å²) in [6, 6.07) is 4.92. The van der Waals surface area contributed by atoms with Crippen LogP contribution in [-0.4, -0.2) is 19.5 Å². The predicted molar refractivity (Wildman–Crippen MR) is 58.9 cm³/mol. The quantitative estimate of drug-likeness (QED) is 0.848. The zero-order valence-corrected chi connectivity index (χ0v) is 9.14. The van der Waals surface area contributed by atoms with Crippen LogP contribution in [0.1, 0.15) is 0 Å². The molecule has 3 nitrogen and oxygen atoms in total. The fraction of sp³-hybridized carbons (Fsp3) is 0.222. The molecule has 0 atom stereocenters. The second-order valence-electron chi connectivity index (χ2n) is 2.75. The van der Waals surface area contributed by atoms with Crippen molar-refractivity contribution in [2.24, 2.45) is 5.73 Å². The summed E-state index contributed by atoms with van der Waals surface area (Å²) >= 11 is 11.7. The molecule has 1 aromatic carbocycles. The molecule has 0 bridgehead atoms. The highest BCUT2D eigenvalue weighted by Crippen LogP contribution is 2.28. The summed E-state index contributed by atoms with van der Waals surface area (Å²) in [5.41, 5.74) is 5.80. The van der Waals surface area contributed by atoms with E-state index in [4.69, 9.17) is 28.9 Å². The number of likely N-dealkylation sites (N-methyl/N-ethyl adjacent to an activating group) is 1. The van der Waals surface area contributed by atoms with Gasteiger partial charge in [0, 0.05) is 12.1 Å². The summed E-state index contributed by atoms with van der Waals surface area (Å²) in [6.45, 7) is -0.0562. The molecule has 2 N–H and O–H groups in total. The minimum absolute atomic E-state index is 0.0562. The average Bonchev–Trinajstić information content (AvgIpc) is 2.19. The second kappa shape index (κ2) is 4.64. The van der Waals surface area contributed by atoms with Crippen LogP contribution in [0.25, 0.3) is 0 Å². The molecule has 0 heterocycles. The number of hydrogen-bond acceptors (Lipinski definition) is 2.